The van der Waals surface area contributed by atoms with Crippen LogP contribution in [0.5, 0.6) is 0 Å². The molecule has 0 heterocycles. The molecule has 1 aliphatic rings. The molecule has 0 aromatic heterocycles. The summed E-state index contributed by atoms with van der Waals surface area (Å²) in [6.07, 6.45) is -0.231. The summed E-state index contributed by atoms with van der Waals surface area (Å²) >= 11 is 0. The van der Waals surface area contributed by atoms with Crippen LogP contribution in [-0.4, -0.2) is 6.10 Å². The molecule has 1 nitrogen and oxygen atoms in total. The maximum atomic E-state index is 10.3. The van der Waals surface area contributed by atoms with E-state index in [1.807, 2.05) is 13.8 Å². The third kappa shape index (κ3) is 0.350. The standard InChI is InChI=1S/C5H9O/c1-3-4(2)5(3)6/h3-5H,1-2H3/t3-,4?,5?/m1/s1. The maximum Gasteiger partial charge on any atom is 0.0987 e. The zero-order valence-electron chi connectivity index (χ0n) is 4.14. The summed E-state index contributed by atoms with van der Waals surface area (Å²) in [5.74, 6) is 0.926. The first-order valence-electron chi connectivity index (χ1n) is 2.39. The molecule has 1 radical (unpaired) electrons. The van der Waals surface area contributed by atoms with E-state index >= 15 is 0 Å². The molecule has 1 fully saturated rings. The molecule has 0 N–H and O–H groups in total. The van der Waals surface area contributed by atoms with Crippen LogP contribution in [-0.2, 0) is 5.11 Å². The van der Waals surface area contributed by atoms with Gasteiger partial charge < -0.3 is 0 Å². The fourth-order valence-corrected chi connectivity index (χ4v) is 0.617. The second-order valence-corrected chi connectivity index (χ2v) is 2.18. The minimum absolute atomic E-state index is 0.231. The number of hydrogen-bond donors (Lipinski definition) is 0. The highest BCUT2D eigenvalue weighted by Crippen LogP contribution is 2.37. The topological polar surface area (TPSA) is 19.9 Å². The second-order valence-electron chi connectivity index (χ2n) is 2.18. The Balaban J connectivity index is 2.31. The Morgan fingerprint density at radius 2 is 1.33 bits per heavy atom. The molecule has 35 valence electrons. The molecule has 0 aromatic carbocycles. The molecule has 0 bridgehead atoms. The van der Waals surface area contributed by atoms with Crippen LogP contribution in [0.1, 0.15) is 13.8 Å². The number of rotatable bonds is 0. The van der Waals surface area contributed by atoms with E-state index in [-0.39, 0.29) is 6.10 Å². The van der Waals surface area contributed by atoms with Gasteiger partial charge in [-0.25, -0.2) is 5.11 Å². The highest BCUT2D eigenvalue weighted by Gasteiger charge is 2.42. The molecule has 0 amide bonds. The van der Waals surface area contributed by atoms with Crippen molar-refractivity contribution >= 4 is 0 Å². The zero-order chi connectivity index (χ0) is 4.73. The third-order valence-electron chi connectivity index (χ3n) is 1.72. The lowest BCUT2D eigenvalue weighted by Crippen LogP contribution is -1.73. The van der Waals surface area contributed by atoms with Crippen molar-refractivity contribution in [2.24, 2.45) is 11.8 Å². The largest absolute Gasteiger partial charge is 0.232 e. The summed E-state index contributed by atoms with van der Waals surface area (Å²) in [5.41, 5.74) is 0. The lowest BCUT2D eigenvalue weighted by molar-refractivity contribution is 0.154. The van der Waals surface area contributed by atoms with Crippen LogP contribution in [0.2, 0.25) is 0 Å². The molecule has 0 aromatic rings. The first kappa shape index (κ1) is 4.13. The van der Waals surface area contributed by atoms with Crippen LogP contribution in [0.15, 0.2) is 0 Å². The Morgan fingerprint density at radius 1 is 1.17 bits per heavy atom. The van der Waals surface area contributed by atoms with Gasteiger partial charge in [0.15, 0.2) is 0 Å². The van der Waals surface area contributed by atoms with Gasteiger partial charge in [-0.3, -0.25) is 0 Å². The normalized spacial score (nSPS) is 55.5. The van der Waals surface area contributed by atoms with E-state index in [0.717, 1.165) is 0 Å². The van der Waals surface area contributed by atoms with E-state index in [9.17, 15) is 5.11 Å². The van der Waals surface area contributed by atoms with Crippen LogP contribution in [0.4, 0.5) is 0 Å². The Morgan fingerprint density at radius 3 is 1.33 bits per heavy atom. The van der Waals surface area contributed by atoms with Crippen molar-refractivity contribution in [2.75, 3.05) is 0 Å². The molecule has 1 aliphatic carbocycles. The summed E-state index contributed by atoms with van der Waals surface area (Å²) in [5, 5.41) is 10.3. The van der Waals surface area contributed by atoms with Gasteiger partial charge in [0.1, 0.15) is 0 Å². The zero-order valence-corrected chi connectivity index (χ0v) is 4.14. The van der Waals surface area contributed by atoms with Crippen LogP contribution >= 0.6 is 0 Å². The molecule has 1 saturated carbocycles. The molecule has 6 heavy (non-hydrogen) atoms. The van der Waals surface area contributed by atoms with Crippen molar-refractivity contribution < 1.29 is 5.11 Å². The molecule has 3 atom stereocenters. The lowest BCUT2D eigenvalue weighted by Gasteiger charge is -1.64. The monoisotopic (exact) mass is 85.1 g/mol. The summed E-state index contributed by atoms with van der Waals surface area (Å²) in [4.78, 5) is 0. The Hall–Kier alpha value is -0.0400. The van der Waals surface area contributed by atoms with Gasteiger partial charge in [0, 0.05) is 0 Å². The van der Waals surface area contributed by atoms with E-state index in [1.165, 1.54) is 0 Å². The van der Waals surface area contributed by atoms with Gasteiger partial charge in [0.2, 0.25) is 0 Å². The van der Waals surface area contributed by atoms with E-state index in [4.69, 9.17) is 0 Å². The van der Waals surface area contributed by atoms with E-state index in [1.54, 1.807) is 0 Å². The number of hydrogen-bond acceptors (Lipinski definition) is 0. The highest BCUT2D eigenvalue weighted by molar-refractivity contribution is 4.89. The van der Waals surface area contributed by atoms with Gasteiger partial charge in [-0.2, -0.15) is 0 Å². The van der Waals surface area contributed by atoms with Crippen molar-refractivity contribution in [3.05, 3.63) is 0 Å². The summed E-state index contributed by atoms with van der Waals surface area (Å²) in [7, 11) is 0. The molecule has 0 spiro atoms. The minimum Gasteiger partial charge on any atom is -0.232 e. The van der Waals surface area contributed by atoms with Crippen molar-refractivity contribution in [3.63, 3.8) is 0 Å². The Bertz CT molecular complexity index is 40.7. The molecule has 2 unspecified atom stereocenters. The smallest absolute Gasteiger partial charge is 0.0987 e. The molecular formula is C5H9O. The Labute approximate surface area is 38.0 Å². The Kier molecular flexibility index (Phi) is 0.667. The van der Waals surface area contributed by atoms with Crippen LogP contribution in [0, 0.1) is 11.8 Å². The maximum absolute atomic E-state index is 10.3. The van der Waals surface area contributed by atoms with Gasteiger partial charge in [-0.15, -0.1) is 0 Å². The molecule has 1 heteroatoms. The van der Waals surface area contributed by atoms with E-state index < -0.39 is 0 Å². The lowest BCUT2D eigenvalue weighted by atomic mass is 10.4. The quantitative estimate of drug-likeness (QED) is 0.419. The predicted molar refractivity (Wildman–Crippen MR) is 22.8 cm³/mol. The van der Waals surface area contributed by atoms with Crippen LogP contribution < -0.4 is 0 Å². The second kappa shape index (κ2) is 0.969. The molecular weight excluding hydrogens is 76.1 g/mol. The third-order valence-corrected chi connectivity index (χ3v) is 1.72. The molecule has 0 saturated heterocycles. The van der Waals surface area contributed by atoms with Crippen molar-refractivity contribution in [1.29, 1.82) is 0 Å². The van der Waals surface area contributed by atoms with Crippen molar-refractivity contribution in [2.45, 2.75) is 20.0 Å². The average Bonchev–Trinajstić information content (AvgIpc) is 1.94. The van der Waals surface area contributed by atoms with Gasteiger partial charge in [0.25, 0.3) is 0 Å². The average molecular weight is 85.1 g/mol. The SMILES string of the molecule is CC1C([O])[C@@H]1C. The van der Waals surface area contributed by atoms with Gasteiger partial charge in [0.05, 0.1) is 6.10 Å². The summed E-state index contributed by atoms with van der Waals surface area (Å²) < 4.78 is 0. The van der Waals surface area contributed by atoms with E-state index in [0.29, 0.717) is 11.8 Å². The fraction of sp³-hybridized carbons (Fsp3) is 1.00. The first-order chi connectivity index (χ1) is 2.73. The van der Waals surface area contributed by atoms with Crippen LogP contribution in [0.25, 0.3) is 0 Å². The first-order valence-corrected chi connectivity index (χ1v) is 2.39. The van der Waals surface area contributed by atoms with Gasteiger partial charge in [-0.05, 0) is 11.8 Å². The molecule has 0 aliphatic heterocycles. The van der Waals surface area contributed by atoms with Gasteiger partial charge >= 0.3 is 0 Å². The van der Waals surface area contributed by atoms with Crippen molar-refractivity contribution in [3.8, 4) is 0 Å². The van der Waals surface area contributed by atoms with Gasteiger partial charge in [-0.1, -0.05) is 13.8 Å². The fourth-order valence-electron chi connectivity index (χ4n) is 0.617. The highest BCUT2D eigenvalue weighted by atomic mass is 16.3. The van der Waals surface area contributed by atoms with Crippen molar-refractivity contribution in [1.82, 2.24) is 0 Å². The predicted octanol–water partition coefficient (Wildman–Crippen LogP) is 1.07. The van der Waals surface area contributed by atoms with Crippen LogP contribution in [0.3, 0.4) is 0 Å². The summed E-state index contributed by atoms with van der Waals surface area (Å²) in [6.45, 7) is 4.00. The van der Waals surface area contributed by atoms with E-state index in [2.05, 4.69) is 0 Å². The summed E-state index contributed by atoms with van der Waals surface area (Å²) in [6, 6.07) is 0. The minimum atomic E-state index is -0.231. The molecule has 1 rings (SSSR count).